The van der Waals surface area contributed by atoms with E-state index in [4.69, 9.17) is 9.52 Å². The number of thiophene rings is 1. The van der Waals surface area contributed by atoms with Crippen molar-refractivity contribution < 1.29 is 17.9 Å². The van der Waals surface area contributed by atoms with Crippen LogP contribution < -0.4 is 4.72 Å². The van der Waals surface area contributed by atoms with Crippen LogP contribution in [0.1, 0.15) is 35.8 Å². The fourth-order valence-electron chi connectivity index (χ4n) is 1.95. The highest BCUT2D eigenvalue weighted by Crippen LogP contribution is 2.26. The maximum atomic E-state index is 12.4. The lowest BCUT2D eigenvalue weighted by molar-refractivity contribution is 0.244. The zero-order chi connectivity index (χ0) is 14.8. The van der Waals surface area contributed by atoms with E-state index in [0.717, 1.165) is 4.88 Å². The second kappa shape index (κ2) is 6.09. The topological polar surface area (TPSA) is 79.5 Å². The summed E-state index contributed by atoms with van der Waals surface area (Å²) in [5, 5.41) is 10.9. The molecule has 0 saturated carbocycles. The van der Waals surface area contributed by atoms with E-state index < -0.39 is 10.0 Å². The standard InChI is InChI=1S/C13H17NO4S2/c1-3-11(12-5-4-6-19-12)14-20(16,17)13-7-10(8-15)18-9(13)2/h4-7,11,14-15H,3,8H2,1-2H3. The first-order valence-electron chi connectivity index (χ1n) is 6.23. The molecular weight excluding hydrogens is 298 g/mol. The fraction of sp³-hybridized carbons (Fsp3) is 0.385. The molecule has 0 aliphatic rings. The normalized spacial score (nSPS) is 13.6. The predicted molar refractivity (Wildman–Crippen MR) is 77.0 cm³/mol. The highest BCUT2D eigenvalue weighted by Gasteiger charge is 2.25. The molecule has 0 amide bonds. The van der Waals surface area contributed by atoms with Gasteiger partial charge in [-0.1, -0.05) is 13.0 Å². The molecule has 0 saturated heterocycles. The van der Waals surface area contributed by atoms with Crippen molar-refractivity contribution in [2.24, 2.45) is 0 Å². The Morgan fingerprint density at radius 2 is 2.25 bits per heavy atom. The molecule has 0 fully saturated rings. The Bertz CT molecular complexity index is 659. The summed E-state index contributed by atoms with van der Waals surface area (Å²) in [7, 11) is -3.67. The van der Waals surface area contributed by atoms with Crippen LogP contribution in [0.25, 0.3) is 0 Å². The fourth-order valence-corrected chi connectivity index (χ4v) is 4.39. The molecule has 1 atom stereocenters. The molecule has 2 rings (SSSR count). The van der Waals surface area contributed by atoms with Gasteiger partial charge in [-0.05, 0) is 24.8 Å². The van der Waals surface area contributed by atoms with Crippen molar-refractivity contribution in [1.29, 1.82) is 0 Å². The van der Waals surface area contributed by atoms with Crippen molar-refractivity contribution >= 4 is 21.4 Å². The van der Waals surface area contributed by atoms with Crippen molar-refractivity contribution in [1.82, 2.24) is 4.72 Å². The number of sulfonamides is 1. The van der Waals surface area contributed by atoms with Crippen LogP contribution in [-0.2, 0) is 16.6 Å². The van der Waals surface area contributed by atoms with E-state index in [9.17, 15) is 8.42 Å². The average molecular weight is 315 g/mol. The van der Waals surface area contributed by atoms with Gasteiger partial charge in [0.25, 0.3) is 0 Å². The Hall–Kier alpha value is -1.15. The summed E-state index contributed by atoms with van der Waals surface area (Å²) in [6, 6.07) is 4.90. The van der Waals surface area contributed by atoms with Crippen molar-refractivity contribution in [2.45, 2.75) is 37.8 Å². The Labute approximate surface area is 122 Å². The van der Waals surface area contributed by atoms with Crippen LogP contribution in [0.15, 0.2) is 32.9 Å². The Balaban J connectivity index is 2.28. The third-order valence-electron chi connectivity index (χ3n) is 2.96. The van der Waals surface area contributed by atoms with Gasteiger partial charge in [-0.15, -0.1) is 11.3 Å². The van der Waals surface area contributed by atoms with Gasteiger partial charge in [0.15, 0.2) is 0 Å². The Morgan fingerprint density at radius 1 is 1.50 bits per heavy atom. The molecule has 5 nitrogen and oxygen atoms in total. The zero-order valence-corrected chi connectivity index (χ0v) is 12.9. The Kier molecular flexibility index (Phi) is 4.64. The molecule has 2 aromatic heterocycles. The SMILES string of the molecule is CCC(NS(=O)(=O)c1cc(CO)oc1C)c1cccs1. The van der Waals surface area contributed by atoms with Crippen LogP contribution in [0.4, 0.5) is 0 Å². The monoisotopic (exact) mass is 315 g/mol. The largest absolute Gasteiger partial charge is 0.462 e. The molecule has 2 heterocycles. The minimum absolute atomic E-state index is 0.0801. The second-order valence-electron chi connectivity index (χ2n) is 4.39. The van der Waals surface area contributed by atoms with Crippen LogP contribution >= 0.6 is 11.3 Å². The van der Waals surface area contributed by atoms with Crippen LogP contribution in [0, 0.1) is 6.92 Å². The molecule has 110 valence electrons. The molecule has 2 N–H and O–H groups in total. The van der Waals surface area contributed by atoms with Gasteiger partial charge in [-0.2, -0.15) is 0 Å². The number of rotatable bonds is 6. The third kappa shape index (κ3) is 3.12. The lowest BCUT2D eigenvalue weighted by Crippen LogP contribution is -2.28. The Morgan fingerprint density at radius 3 is 2.75 bits per heavy atom. The third-order valence-corrected chi connectivity index (χ3v) is 5.53. The van der Waals surface area contributed by atoms with E-state index in [0.29, 0.717) is 6.42 Å². The molecule has 0 bridgehead atoms. The molecule has 0 aliphatic heterocycles. The van der Waals surface area contributed by atoms with Crippen LogP contribution in [0.2, 0.25) is 0 Å². The van der Waals surface area contributed by atoms with Crippen LogP contribution in [0.5, 0.6) is 0 Å². The number of furan rings is 1. The molecular formula is C13H17NO4S2. The number of hydrogen-bond acceptors (Lipinski definition) is 5. The van der Waals surface area contributed by atoms with Crippen molar-refractivity contribution in [3.63, 3.8) is 0 Å². The molecule has 0 radical (unpaired) electrons. The summed E-state index contributed by atoms with van der Waals surface area (Å²) >= 11 is 1.52. The van der Waals surface area contributed by atoms with Crippen LogP contribution in [-0.4, -0.2) is 13.5 Å². The summed E-state index contributed by atoms with van der Waals surface area (Å²) < 4.78 is 32.7. The van der Waals surface area contributed by atoms with Gasteiger partial charge in [-0.3, -0.25) is 0 Å². The maximum absolute atomic E-state index is 12.4. The van der Waals surface area contributed by atoms with Gasteiger partial charge in [0.1, 0.15) is 23.0 Å². The number of aryl methyl sites for hydroxylation is 1. The first kappa shape index (κ1) is 15.2. The average Bonchev–Trinajstić information content (AvgIpc) is 3.05. The van der Waals surface area contributed by atoms with Crippen molar-refractivity contribution in [2.75, 3.05) is 0 Å². The molecule has 0 aliphatic carbocycles. The molecule has 2 aromatic rings. The first-order chi connectivity index (χ1) is 9.47. The number of aliphatic hydroxyl groups is 1. The van der Waals surface area contributed by atoms with Crippen molar-refractivity contribution in [3.05, 3.63) is 40.0 Å². The number of hydrogen-bond donors (Lipinski definition) is 2. The lowest BCUT2D eigenvalue weighted by Gasteiger charge is -2.15. The molecule has 7 heteroatoms. The van der Waals surface area contributed by atoms with E-state index in [1.165, 1.54) is 17.4 Å². The molecule has 1 unspecified atom stereocenters. The summed E-state index contributed by atoms with van der Waals surface area (Å²) in [6.45, 7) is 3.17. The van der Waals surface area contributed by atoms with Gasteiger partial charge in [0.2, 0.25) is 10.0 Å². The van der Waals surface area contributed by atoms with Gasteiger partial charge in [0.05, 0.1) is 6.04 Å². The van der Waals surface area contributed by atoms with E-state index in [1.807, 2.05) is 24.4 Å². The summed E-state index contributed by atoms with van der Waals surface area (Å²) in [6.07, 6.45) is 0.656. The minimum Gasteiger partial charge on any atom is -0.462 e. The van der Waals surface area contributed by atoms with E-state index in [1.54, 1.807) is 6.92 Å². The highest BCUT2D eigenvalue weighted by molar-refractivity contribution is 7.89. The number of aliphatic hydroxyl groups excluding tert-OH is 1. The summed E-state index contributed by atoms with van der Waals surface area (Å²) in [5.41, 5.74) is 0. The van der Waals surface area contributed by atoms with Gasteiger partial charge in [0, 0.05) is 10.9 Å². The highest BCUT2D eigenvalue weighted by atomic mass is 32.2. The van der Waals surface area contributed by atoms with Gasteiger partial charge < -0.3 is 9.52 Å². The smallest absolute Gasteiger partial charge is 0.244 e. The van der Waals surface area contributed by atoms with E-state index in [-0.39, 0.29) is 29.1 Å². The minimum atomic E-state index is -3.67. The second-order valence-corrected chi connectivity index (χ2v) is 7.05. The number of nitrogens with one attached hydrogen (secondary N) is 1. The molecule has 0 spiro atoms. The zero-order valence-electron chi connectivity index (χ0n) is 11.3. The van der Waals surface area contributed by atoms with Gasteiger partial charge >= 0.3 is 0 Å². The first-order valence-corrected chi connectivity index (χ1v) is 8.60. The quantitative estimate of drug-likeness (QED) is 0.858. The van der Waals surface area contributed by atoms with E-state index in [2.05, 4.69) is 4.72 Å². The van der Waals surface area contributed by atoms with Crippen molar-refractivity contribution in [3.8, 4) is 0 Å². The molecule has 0 aromatic carbocycles. The van der Waals surface area contributed by atoms with Gasteiger partial charge in [-0.25, -0.2) is 13.1 Å². The van der Waals surface area contributed by atoms with Crippen LogP contribution in [0.3, 0.4) is 0 Å². The predicted octanol–water partition coefficient (Wildman–Crippen LogP) is 2.57. The molecule has 20 heavy (non-hydrogen) atoms. The lowest BCUT2D eigenvalue weighted by atomic mass is 10.2. The summed E-state index contributed by atoms with van der Waals surface area (Å²) in [4.78, 5) is 1.05. The van der Waals surface area contributed by atoms with E-state index >= 15 is 0 Å². The maximum Gasteiger partial charge on any atom is 0.244 e. The summed E-state index contributed by atoms with van der Waals surface area (Å²) in [5.74, 6) is 0.523.